The minimum Gasteiger partial charge on any atom is -0.469 e. The minimum absolute atomic E-state index is 0.0191. The summed E-state index contributed by atoms with van der Waals surface area (Å²) >= 11 is 0. The zero-order valence-corrected chi connectivity index (χ0v) is 16.7. The van der Waals surface area contributed by atoms with E-state index in [1.807, 2.05) is 12.1 Å². The molecule has 1 aliphatic heterocycles. The van der Waals surface area contributed by atoms with Crippen LogP contribution in [-0.2, 0) is 15.1 Å². The maximum Gasteiger partial charge on any atom is 0.311 e. The van der Waals surface area contributed by atoms with Crippen molar-refractivity contribution < 1.29 is 13.9 Å². The van der Waals surface area contributed by atoms with Gasteiger partial charge >= 0.3 is 5.97 Å². The molecule has 1 heterocycles. The molecule has 152 valence electrons. The number of carbonyl (C=O) groups excluding carboxylic acids is 1. The number of rotatable bonds is 5. The third-order valence-corrected chi connectivity index (χ3v) is 8.17. The number of hydrogen-bond donors (Lipinski definition) is 2. The summed E-state index contributed by atoms with van der Waals surface area (Å²) in [7, 11) is 1.54. The van der Waals surface area contributed by atoms with E-state index in [9.17, 15) is 9.18 Å². The molecule has 3 atom stereocenters. The van der Waals surface area contributed by atoms with Crippen LogP contribution >= 0.6 is 0 Å². The number of esters is 1. The molecule has 5 fully saturated rings. The van der Waals surface area contributed by atoms with Crippen LogP contribution in [0, 0.1) is 29.0 Å². The highest BCUT2D eigenvalue weighted by atomic mass is 19.1. The van der Waals surface area contributed by atoms with Gasteiger partial charge in [-0.3, -0.25) is 4.79 Å². The quantitative estimate of drug-likeness (QED) is 0.762. The van der Waals surface area contributed by atoms with E-state index in [0.717, 1.165) is 45.2 Å². The van der Waals surface area contributed by atoms with Crippen LogP contribution in [0.15, 0.2) is 24.3 Å². The molecule has 4 nitrogen and oxygen atoms in total. The van der Waals surface area contributed by atoms with Crippen LogP contribution < -0.4 is 10.6 Å². The molecular weight excluding hydrogens is 355 g/mol. The molecule has 4 bridgehead atoms. The summed E-state index contributed by atoms with van der Waals surface area (Å²) in [5.41, 5.74) is 0.847. The highest BCUT2D eigenvalue weighted by Crippen LogP contribution is 2.60. The number of ether oxygens (including phenoxy) is 1. The lowest BCUT2D eigenvalue weighted by Gasteiger charge is -2.59. The average molecular weight is 387 g/mol. The van der Waals surface area contributed by atoms with Gasteiger partial charge in [0.1, 0.15) is 5.82 Å². The fourth-order valence-corrected chi connectivity index (χ4v) is 7.19. The van der Waals surface area contributed by atoms with Crippen molar-refractivity contribution in [1.82, 2.24) is 10.6 Å². The second kappa shape index (κ2) is 6.81. The third kappa shape index (κ3) is 2.89. The summed E-state index contributed by atoms with van der Waals surface area (Å²) < 4.78 is 18.6. The number of methoxy groups -OCH3 is 1. The summed E-state index contributed by atoms with van der Waals surface area (Å²) in [5.74, 6) is 1.66. The molecule has 0 spiro atoms. The van der Waals surface area contributed by atoms with Crippen LogP contribution in [0.5, 0.6) is 0 Å². The first kappa shape index (κ1) is 18.6. The minimum atomic E-state index is -0.219. The molecule has 2 N–H and O–H groups in total. The Morgan fingerprint density at radius 1 is 1.21 bits per heavy atom. The first-order chi connectivity index (χ1) is 13.5. The van der Waals surface area contributed by atoms with E-state index < -0.39 is 0 Å². The molecule has 0 aromatic heterocycles. The van der Waals surface area contributed by atoms with Gasteiger partial charge < -0.3 is 15.4 Å². The zero-order chi connectivity index (χ0) is 19.4. The van der Waals surface area contributed by atoms with Gasteiger partial charge in [-0.1, -0.05) is 12.1 Å². The van der Waals surface area contributed by atoms with Crippen molar-refractivity contribution in [2.45, 2.75) is 56.5 Å². The van der Waals surface area contributed by atoms with Gasteiger partial charge in [-0.2, -0.15) is 0 Å². The lowest BCUT2D eigenvalue weighted by molar-refractivity contribution is -0.171. The Morgan fingerprint density at radius 3 is 2.54 bits per heavy atom. The fraction of sp³-hybridized carbons (Fsp3) is 0.696. The molecule has 28 heavy (non-hydrogen) atoms. The summed E-state index contributed by atoms with van der Waals surface area (Å²) in [5, 5.41) is 7.63. The zero-order valence-electron chi connectivity index (χ0n) is 16.7. The van der Waals surface area contributed by atoms with Crippen molar-refractivity contribution in [3.63, 3.8) is 0 Å². The molecule has 4 saturated carbocycles. The molecule has 5 aliphatic rings. The lowest BCUT2D eigenvalue weighted by Crippen LogP contribution is -2.62. The van der Waals surface area contributed by atoms with E-state index in [1.54, 1.807) is 12.1 Å². The highest BCUT2D eigenvalue weighted by Gasteiger charge is 2.59. The standard InChI is InChI=1S/C23H31FN2O2/c1-28-21(27)22-11-15-9-16(12-22)20(17(10-15)13-22)25-14-23(7-2-8-26-23)18-3-5-19(24)6-4-18/h3-6,15-17,20,25-26H,2,7-14H2,1H3. The Morgan fingerprint density at radius 2 is 1.93 bits per heavy atom. The van der Waals surface area contributed by atoms with Gasteiger partial charge in [-0.25, -0.2) is 4.39 Å². The van der Waals surface area contributed by atoms with Crippen LogP contribution in [0.1, 0.15) is 50.5 Å². The van der Waals surface area contributed by atoms with Gasteiger partial charge in [0.15, 0.2) is 0 Å². The molecule has 0 radical (unpaired) electrons. The van der Waals surface area contributed by atoms with Gasteiger partial charge in [0, 0.05) is 12.6 Å². The second-order valence-corrected chi connectivity index (χ2v) is 9.77. The summed E-state index contributed by atoms with van der Waals surface area (Å²) in [6, 6.07) is 7.48. The summed E-state index contributed by atoms with van der Waals surface area (Å²) in [4.78, 5) is 12.5. The van der Waals surface area contributed by atoms with Crippen LogP contribution in [-0.4, -0.2) is 32.2 Å². The third-order valence-electron chi connectivity index (χ3n) is 8.17. The molecular formula is C23H31FN2O2. The predicted molar refractivity (Wildman–Crippen MR) is 105 cm³/mol. The number of carbonyl (C=O) groups is 1. The van der Waals surface area contributed by atoms with E-state index in [2.05, 4.69) is 10.6 Å². The monoisotopic (exact) mass is 386 g/mol. The van der Waals surface area contributed by atoms with Crippen molar-refractivity contribution >= 4 is 5.97 Å². The topological polar surface area (TPSA) is 50.4 Å². The van der Waals surface area contributed by atoms with E-state index in [4.69, 9.17) is 4.74 Å². The number of nitrogens with one attached hydrogen (secondary N) is 2. The Labute approximate surface area is 166 Å². The van der Waals surface area contributed by atoms with Crippen molar-refractivity contribution in [3.05, 3.63) is 35.6 Å². The van der Waals surface area contributed by atoms with Crippen LogP contribution in [0.3, 0.4) is 0 Å². The van der Waals surface area contributed by atoms with E-state index in [-0.39, 0.29) is 22.7 Å². The molecule has 1 aromatic rings. The van der Waals surface area contributed by atoms with Gasteiger partial charge in [0.05, 0.1) is 18.1 Å². The largest absolute Gasteiger partial charge is 0.469 e. The van der Waals surface area contributed by atoms with Crippen LogP contribution in [0.25, 0.3) is 0 Å². The Kier molecular flexibility index (Phi) is 4.51. The van der Waals surface area contributed by atoms with Crippen molar-refractivity contribution in [2.24, 2.45) is 23.2 Å². The Hall–Kier alpha value is -1.46. The molecule has 1 saturated heterocycles. The smallest absolute Gasteiger partial charge is 0.311 e. The Bertz CT molecular complexity index is 727. The predicted octanol–water partition coefficient (Wildman–Crippen LogP) is 3.36. The SMILES string of the molecule is COC(=O)C12CC3CC(C1)C(NCC1(c4ccc(F)cc4)CCCN1)C(C3)C2. The van der Waals surface area contributed by atoms with Gasteiger partial charge in [-0.05, 0) is 86.9 Å². The van der Waals surface area contributed by atoms with Crippen molar-refractivity contribution in [2.75, 3.05) is 20.2 Å². The van der Waals surface area contributed by atoms with E-state index in [0.29, 0.717) is 23.8 Å². The molecule has 4 aliphatic carbocycles. The average Bonchev–Trinajstić information content (AvgIpc) is 3.17. The van der Waals surface area contributed by atoms with Gasteiger partial charge in [0.25, 0.3) is 0 Å². The molecule has 3 unspecified atom stereocenters. The van der Waals surface area contributed by atoms with Crippen LogP contribution in [0.4, 0.5) is 4.39 Å². The second-order valence-electron chi connectivity index (χ2n) is 9.77. The maximum atomic E-state index is 13.4. The van der Waals surface area contributed by atoms with Gasteiger partial charge in [0.2, 0.25) is 0 Å². The van der Waals surface area contributed by atoms with Crippen molar-refractivity contribution in [3.8, 4) is 0 Å². The highest BCUT2D eigenvalue weighted by molar-refractivity contribution is 5.77. The summed E-state index contributed by atoms with van der Waals surface area (Å²) in [6.07, 6.45) is 7.67. The fourth-order valence-electron chi connectivity index (χ4n) is 7.19. The lowest BCUT2D eigenvalue weighted by atomic mass is 9.48. The molecule has 1 aromatic carbocycles. The number of halogens is 1. The first-order valence-electron chi connectivity index (χ1n) is 10.9. The van der Waals surface area contributed by atoms with Crippen molar-refractivity contribution in [1.29, 1.82) is 0 Å². The number of benzene rings is 1. The van der Waals surface area contributed by atoms with E-state index >= 15 is 0 Å². The number of hydrogen-bond acceptors (Lipinski definition) is 4. The van der Waals surface area contributed by atoms with E-state index in [1.165, 1.54) is 25.5 Å². The van der Waals surface area contributed by atoms with Crippen LogP contribution in [0.2, 0.25) is 0 Å². The summed E-state index contributed by atoms with van der Waals surface area (Å²) in [6.45, 7) is 1.87. The normalized spacial score (nSPS) is 41.4. The maximum absolute atomic E-state index is 13.4. The molecule has 6 rings (SSSR count). The first-order valence-corrected chi connectivity index (χ1v) is 10.9. The Balaban J connectivity index is 1.33. The molecule has 0 amide bonds. The van der Waals surface area contributed by atoms with Gasteiger partial charge in [-0.15, -0.1) is 0 Å². The molecule has 5 heteroatoms.